The molecule has 170 valence electrons. The molecule has 1 fully saturated rings. The van der Waals surface area contributed by atoms with Crippen LogP contribution in [0.1, 0.15) is 126 Å². The predicted octanol–water partition coefficient (Wildman–Crippen LogP) is 10.1. The third-order valence-corrected chi connectivity index (χ3v) is 8.04. The average molecular weight is 411 g/mol. The summed E-state index contributed by atoms with van der Waals surface area (Å²) in [4.78, 5) is 0. The molecule has 0 aromatic carbocycles. The van der Waals surface area contributed by atoms with Crippen molar-refractivity contribution >= 4 is 0 Å². The van der Waals surface area contributed by atoms with Gasteiger partial charge in [-0.05, 0) is 122 Å². The maximum Gasteiger partial charge on any atom is -0.0141 e. The maximum atomic E-state index is 2.59. The summed E-state index contributed by atoms with van der Waals surface area (Å²) < 4.78 is 0. The lowest BCUT2D eigenvalue weighted by Crippen LogP contribution is -2.41. The van der Waals surface area contributed by atoms with E-state index in [0.717, 1.165) is 5.92 Å². The molecule has 0 N–H and O–H groups in total. The molecule has 2 aliphatic carbocycles. The van der Waals surface area contributed by atoms with Crippen LogP contribution in [-0.4, -0.2) is 0 Å². The number of hydrogen-bond donors (Lipinski definition) is 0. The van der Waals surface area contributed by atoms with Crippen molar-refractivity contribution in [3.05, 3.63) is 46.1 Å². The lowest BCUT2D eigenvalue weighted by atomic mass is 9.53. The van der Waals surface area contributed by atoms with Gasteiger partial charge in [0.2, 0.25) is 0 Å². The highest BCUT2D eigenvalue weighted by atomic mass is 14.5. The van der Waals surface area contributed by atoms with E-state index in [9.17, 15) is 0 Å². The van der Waals surface area contributed by atoms with E-state index >= 15 is 0 Å². The van der Waals surface area contributed by atoms with Gasteiger partial charge >= 0.3 is 0 Å². The molecule has 0 aromatic heterocycles. The Bertz CT molecular complexity index is 690. The Kier molecular flexibility index (Phi) is 9.26. The van der Waals surface area contributed by atoms with Crippen LogP contribution in [0.4, 0.5) is 0 Å². The summed E-state index contributed by atoms with van der Waals surface area (Å²) >= 11 is 0. The van der Waals surface area contributed by atoms with Gasteiger partial charge in [0.05, 0.1) is 0 Å². The predicted molar refractivity (Wildman–Crippen MR) is 136 cm³/mol. The van der Waals surface area contributed by atoms with Gasteiger partial charge in [0.25, 0.3) is 0 Å². The minimum absolute atomic E-state index is 0.522. The third kappa shape index (κ3) is 7.58. The van der Waals surface area contributed by atoms with Crippen molar-refractivity contribution in [1.29, 1.82) is 0 Å². The molecule has 0 spiro atoms. The zero-order chi connectivity index (χ0) is 22.4. The van der Waals surface area contributed by atoms with E-state index in [2.05, 4.69) is 73.6 Å². The number of fused-ring (bicyclic) bond motifs is 1. The van der Waals surface area contributed by atoms with Crippen LogP contribution >= 0.6 is 0 Å². The van der Waals surface area contributed by atoms with Crippen molar-refractivity contribution < 1.29 is 0 Å². The average Bonchev–Trinajstić information content (AvgIpc) is 2.65. The Labute approximate surface area is 189 Å². The van der Waals surface area contributed by atoms with Gasteiger partial charge in [0.15, 0.2) is 0 Å². The van der Waals surface area contributed by atoms with Crippen molar-refractivity contribution in [3.8, 4) is 0 Å². The van der Waals surface area contributed by atoms with Crippen LogP contribution in [0.15, 0.2) is 46.1 Å². The number of allylic oxidation sites excluding steroid dienone is 8. The van der Waals surface area contributed by atoms with E-state index in [1.165, 1.54) is 76.2 Å². The molecule has 1 saturated carbocycles. The second-order valence-electron chi connectivity index (χ2n) is 11.9. The molecule has 0 radical (unpaired) electrons. The summed E-state index contributed by atoms with van der Waals surface area (Å²) in [6.07, 6.45) is 21.6. The molecule has 2 aliphatic rings. The van der Waals surface area contributed by atoms with Crippen LogP contribution in [0.2, 0.25) is 0 Å². The van der Waals surface area contributed by atoms with E-state index in [-0.39, 0.29) is 0 Å². The van der Waals surface area contributed by atoms with Gasteiger partial charge < -0.3 is 0 Å². The molecule has 0 amide bonds. The van der Waals surface area contributed by atoms with Crippen molar-refractivity contribution in [2.24, 2.45) is 16.7 Å². The summed E-state index contributed by atoms with van der Waals surface area (Å²) in [5.41, 5.74) is 9.19. The van der Waals surface area contributed by atoms with Crippen LogP contribution in [0.25, 0.3) is 0 Å². The molecular weight excluding hydrogens is 360 g/mol. The van der Waals surface area contributed by atoms with Crippen molar-refractivity contribution in [3.63, 3.8) is 0 Å². The quantitative estimate of drug-likeness (QED) is 0.332. The zero-order valence-corrected chi connectivity index (χ0v) is 21.6. The van der Waals surface area contributed by atoms with Crippen LogP contribution in [0.5, 0.6) is 0 Å². The highest BCUT2D eigenvalue weighted by Crippen LogP contribution is 2.57. The van der Waals surface area contributed by atoms with Gasteiger partial charge in [-0.15, -0.1) is 0 Å². The zero-order valence-electron chi connectivity index (χ0n) is 21.6. The fourth-order valence-electron chi connectivity index (χ4n) is 5.67. The minimum atomic E-state index is 0.522. The monoisotopic (exact) mass is 410 g/mol. The van der Waals surface area contributed by atoms with Crippen LogP contribution in [-0.2, 0) is 0 Å². The van der Waals surface area contributed by atoms with Crippen LogP contribution in [0, 0.1) is 16.7 Å². The number of hydrogen-bond acceptors (Lipinski definition) is 0. The highest BCUT2D eigenvalue weighted by Gasteiger charge is 2.45. The van der Waals surface area contributed by atoms with Crippen molar-refractivity contribution in [2.45, 2.75) is 126 Å². The SMILES string of the molecule is CC(C)=CCCC(C)=CCCC(C)=CCCC1=C(C)CCC2(C)CCC(C)(C)CC12. The Morgan fingerprint density at radius 3 is 2.07 bits per heavy atom. The minimum Gasteiger partial charge on any atom is -0.0856 e. The first-order valence-electron chi connectivity index (χ1n) is 12.7. The number of rotatable bonds is 9. The molecule has 2 rings (SSSR count). The molecule has 2 atom stereocenters. The van der Waals surface area contributed by atoms with Gasteiger partial charge in [0, 0.05) is 0 Å². The van der Waals surface area contributed by atoms with Crippen molar-refractivity contribution in [2.75, 3.05) is 0 Å². The molecule has 30 heavy (non-hydrogen) atoms. The largest absolute Gasteiger partial charge is 0.0856 e. The molecule has 2 unspecified atom stereocenters. The highest BCUT2D eigenvalue weighted by molar-refractivity contribution is 5.24. The fraction of sp³-hybridized carbons (Fsp3) is 0.733. The lowest BCUT2D eigenvalue weighted by Gasteiger charge is -2.52. The van der Waals surface area contributed by atoms with Crippen molar-refractivity contribution in [1.82, 2.24) is 0 Å². The van der Waals surface area contributed by atoms with Gasteiger partial charge in [-0.3, -0.25) is 0 Å². The van der Waals surface area contributed by atoms with E-state index in [4.69, 9.17) is 0 Å². The summed E-state index contributed by atoms with van der Waals surface area (Å²) in [7, 11) is 0. The van der Waals surface area contributed by atoms with E-state index in [1.807, 2.05) is 5.57 Å². The molecule has 0 nitrogen and oxygen atoms in total. The Hall–Kier alpha value is -1.04. The molecule has 0 saturated heterocycles. The summed E-state index contributed by atoms with van der Waals surface area (Å²) in [5, 5.41) is 0. The second-order valence-corrected chi connectivity index (χ2v) is 11.9. The lowest BCUT2D eigenvalue weighted by molar-refractivity contribution is 0.0444. The van der Waals surface area contributed by atoms with Crippen LogP contribution < -0.4 is 0 Å². The molecule has 0 heterocycles. The van der Waals surface area contributed by atoms with Crippen LogP contribution in [0.3, 0.4) is 0 Å². The summed E-state index contributed by atoms with van der Waals surface area (Å²) in [5.74, 6) is 0.829. The topological polar surface area (TPSA) is 0 Å². The second kappa shape index (κ2) is 11.0. The normalized spacial score (nSPS) is 27.1. The van der Waals surface area contributed by atoms with E-state index in [0.29, 0.717) is 10.8 Å². The van der Waals surface area contributed by atoms with Gasteiger partial charge in [-0.1, -0.05) is 66.9 Å². The third-order valence-electron chi connectivity index (χ3n) is 8.04. The molecule has 0 aliphatic heterocycles. The Morgan fingerprint density at radius 2 is 1.43 bits per heavy atom. The van der Waals surface area contributed by atoms with Gasteiger partial charge in [-0.25, -0.2) is 0 Å². The first-order chi connectivity index (χ1) is 14.0. The maximum absolute atomic E-state index is 2.59. The molecule has 0 aromatic rings. The van der Waals surface area contributed by atoms with E-state index < -0.39 is 0 Å². The molecule has 0 bridgehead atoms. The standard InChI is InChI=1S/C30H50/c1-23(2)12-9-13-24(3)14-10-15-25(4)16-11-17-27-26(5)18-19-30(8)21-20-29(6,7)22-28(27)30/h12,14,16,28H,9-11,13,15,17-22H2,1-8H3. The first kappa shape index (κ1) is 25.2. The van der Waals surface area contributed by atoms with E-state index in [1.54, 1.807) is 16.7 Å². The summed E-state index contributed by atoms with van der Waals surface area (Å²) in [6, 6.07) is 0. The van der Waals surface area contributed by atoms with Gasteiger partial charge in [-0.2, -0.15) is 0 Å². The van der Waals surface area contributed by atoms with Gasteiger partial charge in [0.1, 0.15) is 0 Å². The summed E-state index contributed by atoms with van der Waals surface area (Å²) in [6.45, 7) is 19.0. The smallest absolute Gasteiger partial charge is 0.0141 e. The Balaban J connectivity index is 1.86. The Morgan fingerprint density at radius 1 is 0.833 bits per heavy atom. The first-order valence-corrected chi connectivity index (χ1v) is 12.7. The molecular formula is C30H50. The fourth-order valence-corrected chi connectivity index (χ4v) is 5.67. The molecule has 0 heteroatoms.